The summed E-state index contributed by atoms with van der Waals surface area (Å²) in [6, 6.07) is 12.1. The molecule has 1 heterocycles. The lowest BCUT2D eigenvalue weighted by molar-refractivity contribution is -0.113. The Bertz CT molecular complexity index is 917. The van der Waals surface area contributed by atoms with Crippen molar-refractivity contribution in [1.82, 2.24) is 10.2 Å². The number of aromatic nitrogens is 2. The van der Waals surface area contributed by atoms with Gasteiger partial charge >= 0.3 is 0 Å². The highest BCUT2D eigenvalue weighted by Gasteiger charge is 2.14. The summed E-state index contributed by atoms with van der Waals surface area (Å²) in [4.78, 5) is 12.0. The summed E-state index contributed by atoms with van der Waals surface area (Å²) in [6.07, 6.45) is 0. The predicted octanol–water partition coefficient (Wildman–Crippen LogP) is 5.43. The van der Waals surface area contributed by atoms with E-state index in [9.17, 15) is 4.79 Å². The number of hydrogen-bond acceptors (Lipinski definition) is 5. The van der Waals surface area contributed by atoms with E-state index in [2.05, 4.69) is 15.5 Å². The Balaban J connectivity index is 1.62. The first-order valence-electron chi connectivity index (χ1n) is 6.99. The van der Waals surface area contributed by atoms with Crippen molar-refractivity contribution in [2.24, 2.45) is 0 Å². The van der Waals surface area contributed by atoms with Crippen LogP contribution in [0.15, 0.2) is 52.1 Å². The largest absolute Gasteiger partial charge is 0.411 e. The van der Waals surface area contributed by atoms with Crippen LogP contribution in [-0.4, -0.2) is 21.9 Å². The van der Waals surface area contributed by atoms with Crippen molar-refractivity contribution in [3.8, 4) is 11.5 Å². The van der Waals surface area contributed by atoms with Gasteiger partial charge in [0.05, 0.1) is 32.1 Å². The predicted molar refractivity (Wildman–Crippen MR) is 101 cm³/mol. The third-order valence-corrected chi connectivity index (χ3v) is 5.03. The van der Waals surface area contributed by atoms with Crippen LogP contribution < -0.4 is 5.32 Å². The number of carbonyl (C=O) groups is 1. The molecule has 3 aromatic rings. The Kier molecular flexibility index (Phi) is 5.86. The fourth-order valence-corrected chi connectivity index (χ4v) is 3.05. The molecule has 2 aromatic carbocycles. The average molecular weight is 415 g/mol. The van der Waals surface area contributed by atoms with E-state index in [1.54, 1.807) is 30.3 Å². The maximum Gasteiger partial charge on any atom is 0.277 e. The van der Waals surface area contributed by atoms with Crippen molar-refractivity contribution in [1.29, 1.82) is 0 Å². The molecular formula is C16H10Cl3N3O2S. The number of carbonyl (C=O) groups excluding carboxylic acids is 1. The first-order valence-corrected chi connectivity index (χ1v) is 9.11. The number of thioether (sulfide) groups is 1. The van der Waals surface area contributed by atoms with E-state index in [4.69, 9.17) is 39.2 Å². The van der Waals surface area contributed by atoms with Crippen LogP contribution in [0.2, 0.25) is 15.1 Å². The molecule has 1 aromatic heterocycles. The topological polar surface area (TPSA) is 68.0 Å². The fourth-order valence-electron chi connectivity index (χ4n) is 1.93. The molecule has 3 rings (SSSR count). The van der Waals surface area contributed by atoms with Crippen molar-refractivity contribution < 1.29 is 9.21 Å². The highest BCUT2D eigenvalue weighted by atomic mass is 35.5. The first-order chi connectivity index (χ1) is 12.0. The summed E-state index contributed by atoms with van der Waals surface area (Å²) < 4.78 is 5.52. The number of amides is 1. The Morgan fingerprint density at radius 1 is 1.04 bits per heavy atom. The molecule has 25 heavy (non-hydrogen) atoms. The number of halogens is 3. The van der Waals surface area contributed by atoms with Crippen molar-refractivity contribution >= 4 is 58.2 Å². The zero-order valence-electron chi connectivity index (χ0n) is 12.5. The van der Waals surface area contributed by atoms with Crippen LogP contribution in [0.5, 0.6) is 0 Å². The van der Waals surface area contributed by atoms with E-state index >= 15 is 0 Å². The SMILES string of the molecule is O=C(CSc1nnc(-c2ccccc2Cl)o1)Nc1cccc(Cl)c1Cl. The van der Waals surface area contributed by atoms with Gasteiger partial charge in [-0.15, -0.1) is 10.2 Å². The molecule has 0 fully saturated rings. The molecule has 1 N–H and O–H groups in total. The highest BCUT2D eigenvalue weighted by Crippen LogP contribution is 2.30. The van der Waals surface area contributed by atoms with E-state index in [0.717, 1.165) is 11.8 Å². The molecule has 128 valence electrons. The van der Waals surface area contributed by atoms with Crippen molar-refractivity contribution in [3.63, 3.8) is 0 Å². The van der Waals surface area contributed by atoms with Gasteiger partial charge in [0.15, 0.2) is 0 Å². The van der Waals surface area contributed by atoms with E-state index in [-0.39, 0.29) is 16.9 Å². The van der Waals surface area contributed by atoms with Crippen molar-refractivity contribution in [3.05, 3.63) is 57.5 Å². The molecule has 0 saturated carbocycles. The first kappa shape index (κ1) is 18.1. The molecule has 1 amide bonds. The summed E-state index contributed by atoms with van der Waals surface area (Å²) in [6.45, 7) is 0. The Morgan fingerprint density at radius 3 is 2.60 bits per heavy atom. The lowest BCUT2D eigenvalue weighted by Gasteiger charge is -2.07. The van der Waals surface area contributed by atoms with Crippen LogP contribution in [0.25, 0.3) is 11.5 Å². The monoisotopic (exact) mass is 413 g/mol. The minimum Gasteiger partial charge on any atom is -0.411 e. The maximum absolute atomic E-state index is 12.0. The number of nitrogens with one attached hydrogen (secondary N) is 1. The van der Waals surface area contributed by atoms with Crippen molar-refractivity contribution in [2.45, 2.75) is 5.22 Å². The molecule has 0 radical (unpaired) electrons. The number of rotatable bonds is 5. The fraction of sp³-hybridized carbons (Fsp3) is 0.0625. The zero-order chi connectivity index (χ0) is 17.8. The molecule has 0 atom stereocenters. The molecule has 9 heteroatoms. The molecule has 0 bridgehead atoms. The van der Waals surface area contributed by atoms with Gasteiger partial charge in [-0.1, -0.05) is 64.8 Å². The summed E-state index contributed by atoms with van der Waals surface area (Å²) in [5.41, 5.74) is 1.08. The summed E-state index contributed by atoms with van der Waals surface area (Å²) in [7, 11) is 0. The van der Waals surface area contributed by atoms with Crippen molar-refractivity contribution in [2.75, 3.05) is 11.1 Å². The minimum atomic E-state index is -0.272. The normalized spacial score (nSPS) is 10.7. The number of anilines is 1. The average Bonchev–Trinajstić information content (AvgIpc) is 3.06. The van der Waals surface area contributed by atoms with Gasteiger partial charge in [0, 0.05) is 0 Å². The van der Waals surface area contributed by atoms with Gasteiger partial charge in [0.2, 0.25) is 11.8 Å². The molecule has 0 spiro atoms. The van der Waals surface area contributed by atoms with Gasteiger partial charge in [-0.25, -0.2) is 0 Å². The molecule has 5 nitrogen and oxygen atoms in total. The zero-order valence-corrected chi connectivity index (χ0v) is 15.6. The van der Waals surface area contributed by atoms with Gasteiger partial charge in [-0.3, -0.25) is 4.79 Å². The second kappa shape index (κ2) is 8.10. The van der Waals surface area contributed by atoms with Gasteiger partial charge < -0.3 is 9.73 Å². The van der Waals surface area contributed by atoms with E-state index in [0.29, 0.717) is 32.2 Å². The lowest BCUT2D eigenvalue weighted by atomic mass is 10.2. The lowest BCUT2D eigenvalue weighted by Crippen LogP contribution is -2.14. The second-order valence-electron chi connectivity index (χ2n) is 4.79. The van der Waals surface area contributed by atoms with E-state index < -0.39 is 0 Å². The van der Waals surface area contributed by atoms with Crippen LogP contribution >= 0.6 is 46.6 Å². The number of hydrogen-bond donors (Lipinski definition) is 1. The Morgan fingerprint density at radius 2 is 1.80 bits per heavy atom. The van der Waals surface area contributed by atoms with Crippen LogP contribution in [-0.2, 0) is 4.79 Å². The van der Waals surface area contributed by atoms with E-state index in [1.165, 1.54) is 0 Å². The second-order valence-corrected chi connectivity index (χ2v) is 6.91. The molecular weight excluding hydrogens is 405 g/mol. The standard InChI is InChI=1S/C16H10Cl3N3O2S/c17-10-5-2-1-4-9(10)15-21-22-16(24-15)25-8-13(23)20-12-7-3-6-11(18)14(12)19/h1-7H,8H2,(H,20,23). The van der Waals surface area contributed by atoms with Crippen LogP contribution in [0, 0.1) is 0 Å². The molecule has 0 saturated heterocycles. The van der Waals surface area contributed by atoms with Gasteiger partial charge in [0.1, 0.15) is 0 Å². The van der Waals surface area contributed by atoms with Crippen LogP contribution in [0.3, 0.4) is 0 Å². The molecule has 0 aliphatic rings. The van der Waals surface area contributed by atoms with Crippen LogP contribution in [0.1, 0.15) is 0 Å². The van der Waals surface area contributed by atoms with Gasteiger partial charge in [0.25, 0.3) is 5.22 Å². The number of benzene rings is 2. The molecule has 0 unspecified atom stereocenters. The third kappa shape index (κ3) is 4.46. The van der Waals surface area contributed by atoms with Gasteiger partial charge in [-0.05, 0) is 24.3 Å². The summed E-state index contributed by atoms with van der Waals surface area (Å²) in [5, 5.41) is 12.0. The summed E-state index contributed by atoms with van der Waals surface area (Å²) in [5.74, 6) is 0.102. The Labute approximate surface area is 162 Å². The quantitative estimate of drug-likeness (QED) is 0.564. The minimum absolute atomic E-state index is 0.0764. The Hall–Kier alpha value is -1.73. The molecule has 0 aliphatic heterocycles. The molecule has 0 aliphatic carbocycles. The third-order valence-electron chi connectivity index (χ3n) is 3.06. The van der Waals surface area contributed by atoms with Crippen LogP contribution in [0.4, 0.5) is 5.69 Å². The maximum atomic E-state index is 12.0. The smallest absolute Gasteiger partial charge is 0.277 e. The highest BCUT2D eigenvalue weighted by molar-refractivity contribution is 7.99. The van der Waals surface area contributed by atoms with Gasteiger partial charge in [-0.2, -0.15) is 0 Å². The van der Waals surface area contributed by atoms with E-state index in [1.807, 2.05) is 12.1 Å². The summed E-state index contributed by atoms with van der Waals surface area (Å²) >= 11 is 19.1. The number of nitrogens with zero attached hydrogens (tertiary/aromatic N) is 2.